The van der Waals surface area contributed by atoms with Crippen LogP contribution >= 0.6 is 27.3 Å². The number of hydrogen-bond acceptors (Lipinski definition) is 5. The van der Waals surface area contributed by atoms with Crippen LogP contribution in [0.25, 0.3) is 17.2 Å². The first-order valence-electron chi connectivity index (χ1n) is 10.2. The van der Waals surface area contributed by atoms with E-state index in [1.807, 2.05) is 61.7 Å². The summed E-state index contributed by atoms with van der Waals surface area (Å²) >= 11 is 4.73. The van der Waals surface area contributed by atoms with Crippen LogP contribution in [0.5, 0.6) is 5.75 Å². The fraction of sp³-hybridized carbons (Fsp3) is 0.200. The zero-order valence-electron chi connectivity index (χ0n) is 18.1. The molecular formula is C25H24BrNO4S. The first-order chi connectivity index (χ1) is 15.4. The molecule has 0 bridgehead atoms. The maximum absolute atomic E-state index is 12.7. The summed E-state index contributed by atoms with van der Waals surface area (Å²) in [6.45, 7) is 6.43. The molecule has 1 aromatic heterocycles. The molecule has 7 heteroatoms. The Balaban J connectivity index is 1.87. The topological polar surface area (TPSA) is 64.6 Å². The Kier molecular flexibility index (Phi) is 8.25. The Morgan fingerprint density at radius 2 is 1.84 bits per heavy atom. The van der Waals surface area contributed by atoms with Crippen LogP contribution in [0.1, 0.15) is 35.3 Å². The maximum Gasteiger partial charge on any atom is 0.341 e. The van der Waals surface area contributed by atoms with E-state index in [0.717, 1.165) is 26.7 Å². The normalized spacial score (nSPS) is 10.9. The molecule has 0 atom stereocenters. The molecule has 0 fully saturated rings. The number of benzene rings is 2. The molecule has 1 N–H and O–H groups in total. The van der Waals surface area contributed by atoms with E-state index in [1.165, 1.54) is 17.4 Å². The van der Waals surface area contributed by atoms with Crippen LogP contribution in [0.4, 0.5) is 5.00 Å². The maximum atomic E-state index is 12.7. The molecule has 3 aromatic rings. The standard InChI is InChI=1S/C25H24BrNO4S/c1-4-30-21-12-11-19(26)14-18(21)10-13-22(28)27-24-23(25(29)31-5-2)20(15-32-24)17-8-6-16(3)7-9-17/h6-15H,4-5H2,1-3H3,(H,27,28). The van der Waals surface area contributed by atoms with Gasteiger partial charge in [-0.1, -0.05) is 45.8 Å². The van der Waals surface area contributed by atoms with Crippen LogP contribution in [0.3, 0.4) is 0 Å². The number of carbonyl (C=O) groups excluding carboxylic acids is 2. The number of ether oxygens (including phenoxy) is 2. The molecule has 0 radical (unpaired) electrons. The largest absolute Gasteiger partial charge is 0.493 e. The summed E-state index contributed by atoms with van der Waals surface area (Å²) in [6, 6.07) is 13.5. The molecule has 2 aromatic carbocycles. The Hall–Kier alpha value is -2.90. The quantitative estimate of drug-likeness (QED) is 0.268. The van der Waals surface area contributed by atoms with Crippen LogP contribution in [0.15, 0.2) is 58.4 Å². The predicted octanol–water partition coefficient (Wildman–Crippen LogP) is 6.71. The van der Waals surface area contributed by atoms with Gasteiger partial charge >= 0.3 is 5.97 Å². The van der Waals surface area contributed by atoms with Gasteiger partial charge in [-0.05, 0) is 50.6 Å². The van der Waals surface area contributed by atoms with E-state index in [-0.39, 0.29) is 12.5 Å². The molecule has 0 aliphatic heterocycles. The minimum atomic E-state index is -0.464. The van der Waals surface area contributed by atoms with Gasteiger partial charge in [0.1, 0.15) is 16.3 Å². The van der Waals surface area contributed by atoms with Crippen molar-refractivity contribution in [1.29, 1.82) is 0 Å². The van der Waals surface area contributed by atoms with Gasteiger partial charge < -0.3 is 14.8 Å². The minimum Gasteiger partial charge on any atom is -0.493 e. The van der Waals surface area contributed by atoms with Crippen molar-refractivity contribution in [2.45, 2.75) is 20.8 Å². The summed E-state index contributed by atoms with van der Waals surface area (Å²) in [5.74, 6) is -0.130. The van der Waals surface area contributed by atoms with Gasteiger partial charge in [0.15, 0.2) is 0 Å². The number of halogens is 1. The minimum absolute atomic E-state index is 0.248. The Bertz CT molecular complexity index is 1140. The van der Waals surface area contributed by atoms with Crippen LogP contribution in [-0.2, 0) is 9.53 Å². The zero-order chi connectivity index (χ0) is 23.1. The van der Waals surface area contributed by atoms with Crippen LogP contribution in [-0.4, -0.2) is 25.1 Å². The van der Waals surface area contributed by atoms with E-state index < -0.39 is 5.97 Å². The van der Waals surface area contributed by atoms with Crippen molar-refractivity contribution in [3.8, 4) is 16.9 Å². The lowest BCUT2D eigenvalue weighted by molar-refractivity contribution is -0.111. The van der Waals surface area contributed by atoms with Crippen molar-refractivity contribution in [3.63, 3.8) is 0 Å². The van der Waals surface area contributed by atoms with Crippen molar-refractivity contribution in [2.75, 3.05) is 18.5 Å². The lowest BCUT2D eigenvalue weighted by Gasteiger charge is -2.09. The summed E-state index contributed by atoms with van der Waals surface area (Å²) < 4.78 is 11.8. The van der Waals surface area contributed by atoms with Crippen molar-refractivity contribution >= 4 is 50.2 Å². The number of aryl methyl sites for hydroxylation is 1. The summed E-state index contributed by atoms with van der Waals surface area (Å²) in [7, 11) is 0. The third-order valence-electron chi connectivity index (χ3n) is 4.56. The number of esters is 1. The lowest BCUT2D eigenvalue weighted by Crippen LogP contribution is -2.12. The molecule has 0 aliphatic rings. The van der Waals surface area contributed by atoms with E-state index >= 15 is 0 Å². The fourth-order valence-corrected chi connectivity index (χ4v) is 4.40. The molecule has 0 unspecified atom stereocenters. The second kappa shape index (κ2) is 11.1. The molecular weight excluding hydrogens is 490 g/mol. The number of amides is 1. The molecule has 0 saturated heterocycles. The van der Waals surface area contributed by atoms with Crippen LogP contribution in [0, 0.1) is 6.92 Å². The average molecular weight is 514 g/mol. The molecule has 1 amide bonds. The van der Waals surface area contributed by atoms with E-state index in [0.29, 0.717) is 22.9 Å². The number of thiophene rings is 1. The third kappa shape index (κ3) is 5.87. The van der Waals surface area contributed by atoms with Gasteiger partial charge in [0.2, 0.25) is 5.91 Å². The van der Waals surface area contributed by atoms with E-state index in [1.54, 1.807) is 13.0 Å². The van der Waals surface area contributed by atoms with Gasteiger partial charge in [-0.2, -0.15) is 0 Å². The first-order valence-corrected chi connectivity index (χ1v) is 11.9. The number of anilines is 1. The number of carbonyl (C=O) groups is 2. The molecule has 32 heavy (non-hydrogen) atoms. The monoisotopic (exact) mass is 513 g/mol. The smallest absolute Gasteiger partial charge is 0.341 e. The summed E-state index contributed by atoms with van der Waals surface area (Å²) in [6.07, 6.45) is 3.11. The molecule has 0 spiro atoms. The highest BCUT2D eigenvalue weighted by Crippen LogP contribution is 2.36. The molecule has 3 rings (SSSR count). The van der Waals surface area contributed by atoms with Crippen molar-refractivity contribution in [3.05, 3.63) is 75.1 Å². The van der Waals surface area contributed by atoms with Crippen molar-refractivity contribution in [2.24, 2.45) is 0 Å². The highest BCUT2D eigenvalue weighted by molar-refractivity contribution is 9.10. The van der Waals surface area contributed by atoms with Gasteiger partial charge in [-0.15, -0.1) is 11.3 Å². The molecule has 0 saturated carbocycles. The van der Waals surface area contributed by atoms with E-state index in [4.69, 9.17) is 9.47 Å². The summed E-state index contributed by atoms with van der Waals surface area (Å²) in [4.78, 5) is 25.4. The van der Waals surface area contributed by atoms with Gasteiger partial charge in [0.25, 0.3) is 0 Å². The number of rotatable bonds is 8. The van der Waals surface area contributed by atoms with Crippen molar-refractivity contribution in [1.82, 2.24) is 0 Å². The average Bonchev–Trinajstić information content (AvgIpc) is 3.18. The van der Waals surface area contributed by atoms with E-state index in [2.05, 4.69) is 21.2 Å². The Morgan fingerprint density at radius 3 is 2.53 bits per heavy atom. The zero-order valence-corrected chi connectivity index (χ0v) is 20.5. The summed E-state index contributed by atoms with van der Waals surface area (Å²) in [5.41, 5.74) is 3.88. The highest BCUT2D eigenvalue weighted by atomic mass is 79.9. The summed E-state index contributed by atoms with van der Waals surface area (Å²) in [5, 5.41) is 5.14. The third-order valence-corrected chi connectivity index (χ3v) is 5.94. The van der Waals surface area contributed by atoms with Crippen LogP contribution < -0.4 is 10.1 Å². The van der Waals surface area contributed by atoms with Gasteiger partial charge in [-0.25, -0.2) is 4.79 Å². The highest BCUT2D eigenvalue weighted by Gasteiger charge is 2.22. The Morgan fingerprint density at radius 1 is 1.09 bits per heavy atom. The molecule has 0 aliphatic carbocycles. The molecule has 5 nitrogen and oxygen atoms in total. The fourth-order valence-electron chi connectivity index (χ4n) is 3.06. The van der Waals surface area contributed by atoms with Gasteiger partial charge in [-0.3, -0.25) is 4.79 Å². The van der Waals surface area contributed by atoms with E-state index in [9.17, 15) is 9.59 Å². The number of hydrogen-bond donors (Lipinski definition) is 1. The second-order valence-electron chi connectivity index (χ2n) is 6.88. The van der Waals surface area contributed by atoms with Gasteiger partial charge in [0, 0.05) is 27.1 Å². The van der Waals surface area contributed by atoms with Crippen molar-refractivity contribution < 1.29 is 19.1 Å². The second-order valence-corrected chi connectivity index (χ2v) is 8.67. The predicted molar refractivity (Wildman–Crippen MR) is 133 cm³/mol. The van der Waals surface area contributed by atoms with Crippen LogP contribution in [0.2, 0.25) is 0 Å². The molecule has 1 heterocycles. The van der Waals surface area contributed by atoms with Gasteiger partial charge in [0.05, 0.1) is 13.2 Å². The first kappa shape index (κ1) is 23.8. The number of nitrogens with one attached hydrogen (secondary N) is 1. The Labute approximate surface area is 200 Å². The lowest BCUT2D eigenvalue weighted by atomic mass is 10.0. The molecule has 166 valence electrons. The SMILES string of the molecule is CCOC(=O)c1c(-c2ccc(C)cc2)csc1NC(=O)C=Cc1cc(Br)ccc1OCC.